The maximum Gasteiger partial charge on any atom is 0.270 e. The third-order valence-electron chi connectivity index (χ3n) is 4.44. The summed E-state index contributed by atoms with van der Waals surface area (Å²) in [6.45, 7) is 4.30. The Morgan fingerprint density at radius 2 is 2.35 bits per heavy atom. The zero-order valence-corrected chi connectivity index (χ0v) is 13.4. The molecular formula is C16H23N5O2. The monoisotopic (exact) mass is 317 g/mol. The van der Waals surface area contributed by atoms with Gasteiger partial charge in [0.1, 0.15) is 5.69 Å². The molecule has 1 amide bonds. The lowest BCUT2D eigenvalue weighted by Crippen LogP contribution is -2.45. The van der Waals surface area contributed by atoms with Crippen molar-refractivity contribution in [1.82, 2.24) is 24.6 Å². The highest BCUT2D eigenvalue weighted by atomic mass is 16.3. The molecule has 2 aromatic rings. The van der Waals surface area contributed by atoms with Gasteiger partial charge >= 0.3 is 0 Å². The lowest BCUT2D eigenvalue weighted by molar-refractivity contribution is 0.0846. The fourth-order valence-electron chi connectivity index (χ4n) is 3.23. The highest BCUT2D eigenvalue weighted by Crippen LogP contribution is 2.15. The van der Waals surface area contributed by atoms with Crippen molar-refractivity contribution in [2.75, 3.05) is 26.2 Å². The first-order valence-corrected chi connectivity index (χ1v) is 8.13. The summed E-state index contributed by atoms with van der Waals surface area (Å²) in [6, 6.07) is 2.01. The van der Waals surface area contributed by atoms with E-state index in [9.17, 15) is 9.90 Å². The Kier molecular flexibility index (Phi) is 4.88. The molecular weight excluding hydrogens is 294 g/mol. The molecule has 1 aliphatic rings. The molecule has 3 rings (SSSR count). The number of hydrogen-bond acceptors (Lipinski definition) is 5. The number of imidazole rings is 1. The van der Waals surface area contributed by atoms with E-state index in [1.807, 2.05) is 6.92 Å². The summed E-state index contributed by atoms with van der Waals surface area (Å²) in [5.74, 6) is 0.395. The molecule has 0 aromatic carbocycles. The molecule has 0 bridgehead atoms. The molecule has 0 unspecified atom stereocenters. The summed E-state index contributed by atoms with van der Waals surface area (Å²) in [5.41, 5.74) is 1.21. The van der Waals surface area contributed by atoms with Crippen LogP contribution in [-0.4, -0.2) is 62.6 Å². The Hall–Kier alpha value is -1.99. The molecule has 0 saturated carbocycles. The van der Waals surface area contributed by atoms with Crippen LogP contribution in [0.1, 0.15) is 35.4 Å². The van der Waals surface area contributed by atoms with Crippen molar-refractivity contribution in [1.29, 1.82) is 0 Å². The van der Waals surface area contributed by atoms with Crippen LogP contribution in [0, 0.1) is 6.92 Å². The van der Waals surface area contributed by atoms with E-state index in [0.717, 1.165) is 25.9 Å². The minimum atomic E-state index is -0.138. The van der Waals surface area contributed by atoms with Gasteiger partial charge in [0.05, 0.1) is 12.3 Å². The number of aliphatic hydroxyl groups excluding tert-OH is 1. The standard InChI is InChI=1S/C16H23N5O2/c1-12-14(21-9-4-6-18-16(21)19-12)15(23)17-7-10-20-8-3-2-5-13(20)11-22/h4,6,9,13,22H,2-3,5,7-8,10-11H2,1H3,(H,17,23)/t13-/m1/s1. The average Bonchev–Trinajstić information content (AvgIpc) is 2.91. The second-order valence-electron chi connectivity index (χ2n) is 5.96. The van der Waals surface area contributed by atoms with E-state index in [2.05, 4.69) is 20.2 Å². The quantitative estimate of drug-likeness (QED) is 0.844. The zero-order valence-electron chi connectivity index (χ0n) is 13.4. The van der Waals surface area contributed by atoms with E-state index in [-0.39, 0.29) is 18.6 Å². The van der Waals surface area contributed by atoms with Crippen LogP contribution in [-0.2, 0) is 0 Å². The van der Waals surface area contributed by atoms with Crippen molar-refractivity contribution < 1.29 is 9.90 Å². The number of carbonyl (C=O) groups is 1. The number of aliphatic hydroxyl groups is 1. The van der Waals surface area contributed by atoms with E-state index in [1.165, 1.54) is 6.42 Å². The van der Waals surface area contributed by atoms with Crippen LogP contribution in [0.15, 0.2) is 18.5 Å². The molecule has 3 heterocycles. The molecule has 124 valence electrons. The molecule has 1 aliphatic heterocycles. The highest BCUT2D eigenvalue weighted by molar-refractivity contribution is 5.94. The Labute approximate surface area is 135 Å². The van der Waals surface area contributed by atoms with Gasteiger partial charge in [0.15, 0.2) is 0 Å². The van der Waals surface area contributed by atoms with Gasteiger partial charge in [-0.15, -0.1) is 0 Å². The Bertz CT molecular complexity index is 684. The first kappa shape index (κ1) is 15.9. The predicted octanol–water partition coefficient (Wildman–Crippen LogP) is 0.614. The highest BCUT2D eigenvalue weighted by Gasteiger charge is 2.22. The molecule has 1 fully saturated rings. The SMILES string of the molecule is Cc1nc2ncccn2c1C(=O)NCCN1CCCC[C@@H]1CO. The number of amides is 1. The van der Waals surface area contributed by atoms with Gasteiger partial charge in [0.25, 0.3) is 5.91 Å². The molecule has 2 N–H and O–H groups in total. The molecule has 7 nitrogen and oxygen atoms in total. The topological polar surface area (TPSA) is 82.8 Å². The van der Waals surface area contributed by atoms with Crippen LogP contribution in [0.25, 0.3) is 5.78 Å². The first-order valence-electron chi connectivity index (χ1n) is 8.13. The fraction of sp³-hybridized carbons (Fsp3) is 0.562. The number of piperidine rings is 1. The molecule has 0 aliphatic carbocycles. The predicted molar refractivity (Wildman–Crippen MR) is 86.4 cm³/mol. The fourth-order valence-corrected chi connectivity index (χ4v) is 3.23. The van der Waals surface area contributed by atoms with Gasteiger partial charge in [-0.1, -0.05) is 6.42 Å². The number of rotatable bonds is 5. The number of aromatic nitrogens is 3. The Morgan fingerprint density at radius 1 is 1.48 bits per heavy atom. The van der Waals surface area contributed by atoms with Crippen molar-refractivity contribution in [3.63, 3.8) is 0 Å². The van der Waals surface area contributed by atoms with Gasteiger partial charge in [-0.05, 0) is 32.4 Å². The molecule has 0 spiro atoms. The van der Waals surface area contributed by atoms with Gasteiger partial charge in [-0.25, -0.2) is 9.97 Å². The van der Waals surface area contributed by atoms with Gasteiger partial charge in [-0.2, -0.15) is 0 Å². The van der Waals surface area contributed by atoms with Crippen LogP contribution < -0.4 is 5.32 Å². The summed E-state index contributed by atoms with van der Waals surface area (Å²) in [7, 11) is 0. The summed E-state index contributed by atoms with van der Waals surface area (Å²) in [5, 5.41) is 12.4. The van der Waals surface area contributed by atoms with E-state index < -0.39 is 0 Å². The van der Waals surface area contributed by atoms with Crippen molar-refractivity contribution >= 4 is 11.7 Å². The first-order chi connectivity index (χ1) is 11.2. The van der Waals surface area contributed by atoms with Crippen LogP contribution in [0.4, 0.5) is 0 Å². The number of carbonyl (C=O) groups excluding carboxylic acids is 1. The average molecular weight is 317 g/mol. The molecule has 2 aromatic heterocycles. The Balaban J connectivity index is 1.61. The number of aryl methyl sites for hydroxylation is 1. The van der Waals surface area contributed by atoms with Gasteiger partial charge in [0, 0.05) is 31.5 Å². The Morgan fingerprint density at radius 3 is 3.17 bits per heavy atom. The van der Waals surface area contributed by atoms with Crippen molar-refractivity contribution in [2.24, 2.45) is 0 Å². The minimum absolute atomic E-state index is 0.138. The van der Waals surface area contributed by atoms with Crippen LogP contribution in [0.2, 0.25) is 0 Å². The molecule has 0 radical (unpaired) electrons. The van der Waals surface area contributed by atoms with Crippen LogP contribution >= 0.6 is 0 Å². The number of fused-ring (bicyclic) bond motifs is 1. The van der Waals surface area contributed by atoms with Crippen molar-refractivity contribution in [2.45, 2.75) is 32.2 Å². The van der Waals surface area contributed by atoms with E-state index in [4.69, 9.17) is 0 Å². The normalized spacial score (nSPS) is 19.1. The van der Waals surface area contributed by atoms with Crippen molar-refractivity contribution in [3.8, 4) is 0 Å². The molecule has 1 saturated heterocycles. The summed E-state index contributed by atoms with van der Waals surface area (Å²) < 4.78 is 1.71. The molecule has 7 heteroatoms. The van der Waals surface area contributed by atoms with Crippen LogP contribution in [0.5, 0.6) is 0 Å². The van der Waals surface area contributed by atoms with Crippen LogP contribution in [0.3, 0.4) is 0 Å². The van der Waals surface area contributed by atoms with Gasteiger partial charge in [-0.3, -0.25) is 14.1 Å². The van der Waals surface area contributed by atoms with E-state index in [0.29, 0.717) is 23.7 Å². The number of nitrogens with zero attached hydrogens (tertiary/aromatic N) is 4. The molecule has 23 heavy (non-hydrogen) atoms. The third-order valence-corrected chi connectivity index (χ3v) is 4.44. The summed E-state index contributed by atoms with van der Waals surface area (Å²) >= 11 is 0. The number of nitrogens with one attached hydrogen (secondary N) is 1. The van der Waals surface area contributed by atoms with Crippen molar-refractivity contribution in [3.05, 3.63) is 29.8 Å². The van der Waals surface area contributed by atoms with E-state index in [1.54, 1.807) is 22.9 Å². The third kappa shape index (κ3) is 3.35. The lowest BCUT2D eigenvalue weighted by atomic mass is 10.0. The number of hydrogen-bond donors (Lipinski definition) is 2. The molecule has 1 atom stereocenters. The van der Waals surface area contributed by atoms with E-state index >= 15 is 0 Å². The largest absolute Gasteiger partial charge is 0.395 e. The smallest absolute Gasteiger partial charge is 0.270 e. The maximum atomic E-state index is 12.5. The zero-order chi connectivity index (χ0) is 16.2. The second kappa shape index (κ2) is 7.06. The van der Waals surface area contributed by atoms with Gasteiger partial charge in [0.2, 0.25) is 5.78 Å². The maximum absolute atomic E-state index is 12.5. The summed E-state index contributed by atoms with van der Waals surface area (Å²) in [4.78, 5) is 23.2. The second-order valence-corrected chi connectivity index (χ2v) is 5.96. The number of likely N-dealkylation sites (tertiary alicyclic amines) is 1. The lowest BCUT2D eigenvalue weighted by Gasteiger charge is -2.34. The summed E-state index contributed by atoms with van der Waals surface area (Å²) in [6.07, 6.45) is 6.81. The minimum Gasteiger partial charge on any atom is -0.395 e. The van der Waals surface area contributed by atoms with Gasteiger partial charge < -0.3 is 10.4 Å².